The summed E-state index contributed by atoms with van der Waals surface area (Å²) in [5.41, 5.74) is 0.861. The van der Waals surface area contributed by atoms with Gasteiger partial charge in [0.1, 0.15) is 5.54 Å². The summed E-state index contributed by atoms with van der Waals surface area (Å²) in [6.07, 6.45) is 3.71. The second kappa shape index (κ2) is 2.55. The highest BCUT2D eigenvalue weighted by Gasteiger charge is 2.24. The summed E-state index contributed by atoms with van der Waals surface area (Å²) in [6.45, 7) is 2.03. The standard InChI is InChI=1S/C10H9N2/c1-10(7-8-11-12-10)9-5-3-2-4-6-9/h2-3,5-8H,1H3. The molecule has 59 valence electrons. The van der Waals surface area contributed by atoms with Gasteiger partial charge in [0.2, 0.25) is 0 Å². The first-order chi connectivity index (χ1) is 5.81. The molecule has 2 nitrogen and oxygen atoms in total. The number of hydrogen-bond donors (Lipinski definition) is 0. The van der Waals surface area contributed by atoms with E-state index in [0.717, 1.165) is 5.56 Å². The largest absolute Gasteiger partial charge is 0.174 e. The lowest BCUT2D eigenvalue weighted by Crippen LogP contribution is -2.12. The molecule has 0 amide bonds. The molecule has 2 heteroatoms. The van der Waals surface area contributed by atoms with Crippen LogP contribution in [0.5, 0.6) is 0 Å². The van der Waals surface area contributed by atoms with E-state index in [1.165, 1.54) is 0 Å². The third-order valence-corrected chi connectivity index (χ3v) is 2.02. The van der Waals surface area contributed by atoms with Gasteiger partial charge in [0.15, 0.2) is 0 Å². The molecule has 1 aromatic rings. The molecule has 1 aromatic carbocycles. The predicted molar refractivity (Wildman–Crippen MR) is 46.6 cm³/mol. The molecule has 12 heavy (non-hydrogen) atoms. The molecule has 0 bridgehead atoms. The summed E-state index contributed by atoms with van der Waals surface area (Å²) in [4.78, 5) is 0. The Bertz CT molecular complexity index is 313. The predicted octanol–water partition coefficient (Wildman–Crippen LogP) is 2.68. The van der Waals surface area contributed by atoms with Crippen LogP contribution in [0, 0.1) is 6.07 Å². The fourth-order valence-electron chi connectivity index (χ4n) is 1.23. The van der Waals surface area contributed by atoms with Crippen molar-refractivity contribution in [3.05, 3.63) is 48.2 Å². The van der Waals surface area contributed by atoms with Gasteiger partial charge in [-0.05, 0) is 30.7 Å². The van der Waals surface area contributed by atoms with Crippen molar-refractivity contribution in [3.63, 3.8) is 0 Å². The number of hydrogen-bond acceptors (Lipinski definition) is 2. The van der Waals surface area contributed by atoms with Crippen LogP contribution in [-0.4, -0.2) is 0 Å². The van der Waals surface area contributed by atoms with E-state index in [4.69, 9.17) is 0 Å². The molecule has 0 fully saturated rings. The normalized spacial score (nSPS) is 26.4. The highest BCUT2D eigenvalue weighted by Crippen LogP contribution is 2.30. The van der Waals surface area contributed by atoms with Gasteiger partial charge < -0.3 is 0 Å². The van der Waals surface area contributed by atoms with Crippen LogP contribution in [0.4, 0.5) is 0 Å². The van der Waals surface area contributed by atoms with Crippen LogP contribution in [0.25, 0.3) is 0 Å². The van der Waals surface area contributed by atoms with Gasteiger partial charge >= 0.3 is 0 Å². The molecule has 0 N–H and O–H groups in total. The van der Waals surface area contributed by atoms with Crippen molar-refractivity contribution < 1.29 is 0 Å². The van der Waals surface area contributed by atoms with Crippen LogP contribution >= 0.6 is 0 Å². The van der Waals surface area contributed by atoms with Crippen molar-refractivity contribution >= 4 is 0 Å². The third-order valence-electron chi connectivity index (χ3n) is 2.02. The van der Waals surface area contributed by atoms with Gasteiger partial charge in [-0.1, -0.05) is 18.2 Å². The molecular formula is C10H9N2. The maximum Gasteiger partial charge on any atom is 0.124 e. The van der Waals surface area contributed by atoms with E-state index in [1.54, 1.807) is 6.20 Å². The van der Waals surface area contributed by atoms with Crippen molar-refractivity contribution in [2.45, 2.75) is 12.5 Å². The van der Waals surface area contributed by atoms with E-state index >= 15 is 0 Å². The van der Waals surface area contributed by atoms with Crippen molar-refractivity contribution in [2.75, 3.05) is 0 Å². The maximum atomic E-state index is 4.13. The highest BCUT2D eigenvalue weighted by molar-refractivity contribution is 5.29. The Morgan fingerprint density at radius 3 is 3.00 bits per heavy atom. The lowest BCUT2D eigenvalue weighted by atomic mass is 9.94. The molecule has 0 aliphatic carbocycles. The lowest BCUT2D eigenvalue weighted by Gasteiger charge is -2.15. The van der Waals surface area contributed by atoms with Gasteiger partial charge in [-0.25, -0.2) is 0 Å². The van der Waals surface area contributed by atoms with Gasteiger partial charge in [0, 0.05) is 6.20 Å². The van der Waals surface area contributed by atoms with Gasteiger partial charge in [-0.2, -0.15) is 10.2 Å². The van der Waals surface area contributed by atoms with E-state index in [1.807, 2.05) is 37.3 Å². The van der Waals surface area contributed by atoms with Gasteiger partial charge in [0.25, 0.3) is 0 Å². The van der Waals surface area contributed by atoms with E-state index in [-0.39, 0.29) is 5.54 Å². The highest BCUT2D eigenvalue weighted by atomic mass is 15.2. The van der Waals surface area contributed by atoms with Crippen molar-refractivity contribution in [2.24, 2.45) is 10.2 Å². The first-order valence-corrected chi connectivity index (χ1v) is 3.88. The summed E-state index contributed by atoms with van der Waals surface area (Å²) < 4.78 is 0. The molecule has 1 unspecified atom stereocenters. The average molecular weight is 157 g/mol. The second-order valence-electron chi connectivity index (χ2n) is 2.97. The smallest absolute Gasteiger partial charge is 0.124 e. The first kappa shape index (κ1) is 7.22. The quantitative estimate of drug-likeness (QED) is 0.598. The topological polar surface area (TPSA) is 24.7 Å². The summed E-state index contributed by atoms with van der Waals surface area (Å²) >= 11 is 0. The van der Waals surface area contributed by atoms with Gasteiger partial charge in [-0.3, -0.25) is 0 Å². The summed E-state index contributed by atoms with van der Waals surface area (Å²) in [6, 6.07) is 10.8. The van der Waals surface area contributed by atoms with E-state index in [9.17, 15) is 0 Å². The van der Waals surface area contributed by atoms with Crippen molar-refractivity contribution in [1.82, 2.24) is 0 Å². The Kier molecular flexibility index (Phi) is 1.54. The molecule has 1 atom stereocenters. The third kappa shape index (κ3) is 1.05. The zero-order valence-electron chi connectivity index (χ0n) is 6.86. The van der Waals surface area contributed by atoms with Crippen LogP contribution in [0.15, 0.2) is 46.8 Å². The van der Waals surface area contributed by atoms with E-state index in [2.05, 4.69) is 16.3 Å². The van der Waals surface area contributed by atoms with Crippen LogP contribution in [0.3, 0.4) is 0 Å². The second-order valence-corrected chi connectivity index (χ2v) is 2.97. The summed E-state index contributed by atoms with van der Waals surface area (Å²) in [5, 5.41) is 7.98. The van der Waals surface area contributed by atoms with Crippen LogP contribution in [-0.2, 0) is 5.54 Å². The SMILES string of the molecule is CC1(c2c[c]ccc2)C=CN=N1. The Morgan fingerprint density at radius 2 is 2.42 bits per heavy atom. The first-order valence-electron chi connectivity index (χ1n) is 3.88. The van der Waals surface area contributed by atoms with Gasteiger partial charge in [-0.15, -0.1) is 0 Å². The minimum atomic E-state index is -0.266. The summed E-state index contributed by atoms with van der Waals surface area (Å²) in [5.74, 6) is 0. The fraction of sp³-hybridized carbons (Fsp3) is 0.200. The Morgan fingerprint density at radius 1 is 1.50 bits per heavy atom. The van der Waals surface area contributed by atoms with Gasteiger partial charge in [0.05, 0.1) is 0 Å². The molecule has 0 spiro atoms. The number of benzene rings is 1. The zero-order chi connectivity index (χ0) is 8.44. The van der Waals surface area contributed by atoms with Crippen LogP contribution in [0.2, 0.25) is 0 Å². The monoisotopic (exact) mass is 157 g/mol. The molecule has 0 saturated carbocycles. The summed E-state index contributed by atoms with van der Waals surface area (Å²) in [7, 11) is 0. The Balaban J connectivity index is 2.43. The van der Waals surface area contributed by atoms with Crippen LogP contribution in [0.1, 0.15) is 12.5 Å². The molecule has 1 heterocycles. The number of rotatable bonds is 1. The Hall–Kier alpha value is -1.44. The number of nitrogens with zero attached hydrogens (tertiary/aromatic N) is 2. The molecular weight excluding hydrogens is 148 g/mol. The molecule has 0 saturated heterocycles. The lowest BCUT2D eigenvalue weighted by molar-refractivity contribution is 0.621. The van der Waals surface area contributed by atoms with E-state index in [0.29, 0.717) is 0 Å². The molecule has 2 rings (SSSR count). The minimum absolute atomic E-state index is 0.266. The number of azo groups is 1. The van der Waals surface area contributed by atoms with Crippen molar-refractivity contribution in [3.8, 4) is 0 Å². The Labute approximate surface area is 71.6 Å². The molecule has 0 aromatic heterocycles. The molecule has 1 aliphatic heterocycles. The fourth-order valence-corrected chi connectivity index (χ4v) is 1.23. The molecule has 1 aliphatic rings. The zero-order valence-corrected chi connectivity index (χ0v) is 6.86. The van der Waals surface area contributed by atoms with E-state index < -0.39 is 0 Å². The average Bonchev–Trinajstić information content (AvgIpc) is 2.55. The maximum absolute atomic E-state index is 4.13. The van der Waals surface area contributed by atoms with Crippen LogP contribution < -0.4 is 0 Å². The minimum Gasteiger partial charge on any atom is -0.174 e. The van der Waals surface area contributed by atoms with Crippen molar-refractivity contribution in [1.29, 1.82) is 0 Å². The molecule has 1 radical (unpaired) electrons.